The van der Waals surface area contributed by atoms with Crippen molar-refractivity contribution in [1.29, 1.82) is 0 Å². The van der Waals surface area contributed by atoms with Gasteiger partial charge < -0.3 is 5.11 Å². The Labute approximate surface area is 77.8 Å². The van der Waals surface area contributed by atoms with Crippen molar-refractivity contribution in [2.75, 3.05) is 0 Å². The molecule has 0 spiro atoms. The molecular formula is C8H5ClF2O2. The van der Waals surface area contributed by atoms with Gasteiger partial charge in [0, 0.05) is 5.56 Å². The van der Waals surface area contributed by atoms with Crippen molar-refractivity contribution in [2.24, 2.45) is 0 Å². The van der Waals surface area contributed by atoms with Crippen LogP contribution in [0.25, 0.3) is 0 Å². The van der Waals surface area contributed by atoms with E-state index in [1.807, 2.05) is 0 Å². The van der Waals surface area contributed by atoms with Crippen LogP contribution >= 0.6 is 11.6 Å². The van der Waals surface area contributed by atoms with E-state index < -0.39 is 18.0 Å². The molecule has 0 aliphatic heterocycles. The summed E-state index contributed by atoms with van der Waals surface area (Å²) in [7, 11) is 0. The van der Waals surface area contributed by atoms with Crippen LogP contribution in [0.15, 0.2) is 18.2 Å². The number of benzene rings is 1. The van der Waals surface area contributed by atoms with Crippen molar-refractivity contribution < 1.29 is 18.7 Å². The van der Waals surface area contributed by atoms with Crippen LogP contribution in [-0.4, -0.2) is 11.1 Å². The van der Waals surface area contributed by atoms with E-state index in [-0.39, 0.29) is 10.6 Å². The fourth-order valence-corrected chi connectivity index (χ4v) is 0.930. The lowest BCUT2D eigenvalue weighted by molar-refractivity contribution is -0.143. The first-order chi connectivity index (χ1) is 6.02. The van der Waals surface area contributed by atoms with E-state index in [0.717, 1.165) is 18.2 Å². The molecule has 70 valence electrons. The minimum absolute atomic E-state index is 0.165. The summed E-state index contributed by atoms with van der Waals surface area (Å²) in [6, 6.07) is 3.01. The molecule has 2 nitrogen and oxygen atoms in total. The maximum absolute atomic E-state index is 12.8. The maximum Gasteiger partial charge on any atom is 0.343 e. The van der Waals surface area contributed by atoms with Crippen LogP contribution in [0.4, 0.5) is 8.78 Å². The van der Waals surface area contributed by atoms with Crippen LogP contribution in [0.3, 0.4) is 0 Å². The van der Waals surface area contributed by atoms with Crippen molar-refractivity contribution in [3.05, 3.63) is 34.6 Å². The summed E-state index contributed by atoms with van der Waals surface area (Å²) < 4.78 is 25.5. The van der Waals surface area contributed by atoms with Crippen molar-refractivity contribution in [3.8, 4) is 0 Å². The van der Waals surface area contributed by atoms with Gasteiger partial charge in [-0.15, -0.1) is 0 Å². The third-order valence-corrected chi connectivity index (χ3v) is 1.76. The Morgan fingerprint density at radius 3 is 2.62 bits per heavy atom. The molecule has 0 saturated heterocycles. The van der Waals surface area contributed by atoms with Gasteiger partial charge in [-0.25, -0.2) is 13.6 Å². The molecule has 1 rings (SSSR count). The smallest absolute Gasteiger partial charge is 0.343 e. The molecule has 0 amide bonds. The molecule has 0 saturated carbocycles. The summed E-state index contributed by atoms with van der Waals surface area (Å²) in [4.78, 5) is 10.2. The Bertz CT molecular complexity index is 341. The molecule has 0 aromatic heterocycles. The Balaban J connectivity index is 3.03. The fraction of sp³-hybridized carbons (Fsp3) is 0.125. The van der Waals surface area contributed by atoms with Crippen LogP contribution < -0.4 is 0 Å². The van der Waals surface area contributed by atoms with Crippen LogP contribution in [0.1, 0.15) is 11.7 Å². The molecule has 1 atom stereocenters. The fourth-order valence-electron chi connectivity index (χ4n) is 0.813. The van der Waals surface area contributed by atoms with Gasteiger partial charge in [0.2, 0.25) is 6.17 Å². The summed E-state index contributed by atoms with van der Waals surface area (Å²) in [5.41, 5.74) is -0.255. The zero-order valence-electron chi connectivity index (χ0n) is 6.30. The molecule has 0 aliphatic carbocycles. The predicted octanol–water partition coefficient (Wildman–Crippen LogP) is 2.57. The molecule has 0 radical (unpaired) electrons. The summed E-state index contributed by atoms with van der Waals surface area (Å²) in [6.45, 7) is 0. The number of halogens is 3. The zero-order chi connectivity index (χ0) is 10.0. The molecule has 0 fully saturated rings. The highest BCUT2D eigenvalue weighted by atomic mass is 35.5. The molecule has 1 aromatic rings. The minimum atomic E-state index is -2.22. The van der Waals surface area contributed by atoms with E-state index in [0.29, 0.717) is 0 Å². The van der Waals surface area contributed by atoms with E-state index in [1.54, 1.807) is 0 Å². The highest BCUT2D eigenvalue weighted by molar-refractivity contribution is 6.30. The lowest BCUT2D eigenvalue weighted by atomic mass is 10.1. The molecule has 1 aromatic carbocycles. The van der Waals surface area contributed by atoms with Gasteiger partial charge in [-0.2, -0.15) is 0 Å². The number of rotatable bonds is 2. The minimum Gasteiger partial charge on any atom is -0.479 e. The highest BCUT2D eigenvalue weighted by Crippen LogP contribution is 2.22. The summed E-state index contributed by atoms with van der Waals surface area (Å²) in [6.07, 6.45) is -2.22. The Morgan fingerprint density at radius 2 is 2.15 bits per heavy atom. The molecule has 1 unspecified atom stereocenters. The summed E-state index contributed by atoms with van der Waals surface area (Å²) >= 11 is 5.32. The number of carboxylic acid groups (broad SMARTS) is 1. The number of aliphatic carboxylic acids is 1. The van der Waals surface area contributed by atoms with Crippen molar-refractivity contribution >= 4 is 17.6 Å². The average molecular weight is 207 g/mol. The Kier molecular flexibility index (Phi) is 2.83. The maximum atomic E-state index is 12.8. The van der Waals surface area contributed by atoms with Crippen molar-refractivity contribution in [3.63, 3.8) is 0 Å². The van der Waals surface area contributed by atoms with Gasteiger partial charge in [-0.05, 0) is 12.1 Å². The number of alkyl halides is 1. The lowest BCUT2D eigenvalue weighted by Gasteiger charge is -2.03. The molecule has 1 N–H and O–H groups in total. The van der Waals surface area contributed by atoms with Gasteiger partial charge in [0.05, 0.1) is 5.02 Å². The first kappa shape index (κ1) is 9.92. The quantitative estimate of drug-likeness (QED) is 0.808. The van der Waals surface area contributed by atoms with Crippen LogP contribution in [0.5, 0.6) is 0 Å². The lowest BCUT2D eigenvalue weighted by Crippen LogP contribution is -2.06. The Morgan fingerprint density at radius 1 is 1.54 bits per heavy atom. The van der Waals surface area contributed by atoms with Gasteiger partial charge in [0.25, 0.3) is 0 Å². The molecule has 13 heavy (non-hydrogen) atoms. The molecular weight excluding hydrogens is 202 g/mol. The van der Waals surface area contributed by atoms with Crippen molar-refractivity contribution in [1.82, 2.24) is 0 Å². The zero-order valence-corrected chi connectivity index (χ0v) is 7.05. The first-order valence-electron chi connectivity index (χ1n) is 3.34. The number of hydrogen-bond acceptors (Lipinski definition) is 1. The van der Waals surface area contributed by atoms with E-state index >= 15 is 0 Å². The van der Waals surface area contributed by atoms with E-state index in [9.17, 15) is 13.6 Å². The van der Waals surface area contributed by atoms with Gasteiger partial charge in [-0.1, -0.05) is 17.7 Å². The standard InChI is InChI=1S/C8H5ClF2O2/c9-5-2-1-4(3-6(5)10)7(11)8(12)13/h1-3,7H,(H,12,13). The number of hydrogen-bond donors (Lipinski definition) is 1. The highest BCUT2D eigenvalue weighted by Gasteiger charge is 2.19. The number of carbonyl (C=O) groups is 1. The third-order valence-electron chi connectivity index (χ3n) is 1.45. The van der Waals surface area contributed by atoms with Crippen LogP contribution in [0.2, 0.25) is 5.02 Å². The van der Waals surface area contributed by atoms with Crippen molar-refractivity contribution in [2.45, 2.75) is 6.17 Å². The first-order valence-corrected chi connectivity index (χ1v) is 3.72. The van der Waals surface area contributed by atoms with E-state index in [1.165, 1.54) is 0 Å². The van der Waals surface area contributed by atoms with Gasteiger partial charge in [0.15, 0.2) is 0 Å². The predicted molar refractivity (Wildman–Crippen MR) is 42.9 cm³/mol. The Hall–Kier alpha value is -1.16. The SMILES string of the molecule is O=C(O)C(F)c1ccc(Cl)c(F)c1. The van der Waals surface area contributed by atoms with Crippen LogP contribution in [0, 0.1) is 5.82 Å². The normalized spacial score (nSPS) is 12.5. The van der Waals surface area contributed by atoms with Gasteiger partial charge >= 0.3 is 5.97 Å². The van der Waals surface area contributed by atoms with E-state index in [2.05, 4.69) is 0 Å². The van der Waals surface area contributed by atoms with Gasteiger partial charge in [-0.3, -0.25) is 0 Å². The molecule has 0 heterocycles. The molecule has 5 heteroatoms. The third kappa shape index (κ3) is 2.15. The molecule has 0 aliphatic rings. The second-order valence-electron chi connectivity index (χ2n) is 2.37. The monoisotopic (exact) mass is 206 g/mol. The topological polar surface area (TPSA) is 37.3 Å². The second kappa shape index (κ2) is 3.70. The van der Waals surface area contributed by atoms with Crippen LogP contribution in [-0.2, 0) is 4.79 Å². The molecule has 0 bridgehead atoms. The number of carboxylic acids is 1. The summed E-state index contributed by atoms with van der Waals surface area (Å²) in [5, 5.41) is 8.10. The van der Waals surface area contributed by atoms with Gasteiger partial charge in [0.1, 0.15) is 5.82 Å². The average Bonchev–Trinajstić information content (AvgIpc) is 2.08. The summed E-state index contributed by atoms with van der Waals surface area (Å²) in [5.74, 6) is -2.48. The largest absolute Gasteiger partial charge is 0.479 e. The second-order valence-corrected chi connectivity index (χ2v) is 2.78. The van der Waals surface area contributed by atoms with E-state index in [4.69, 9.17) is 16.7 Å².